The van der Waals surface area contributed by atoms with Gasteiger partial charge in [-0.3, -0.25) is 0 Å². The Morgan fingerprint density at radius 1 is 1.46 bits per heavy atom. The molecule has 1 aromatic carbocycles. The van der Waals surface area contributed by atoms with E-state index in [2.05, 4.69) is 36.6 Å². The molecule has 0 N–H and O–H groups in total. The predicted octanol–water partition coefficient (Wildman–Crippen LogP) is 3.14. The quantitative estimate of drug-likeness (QED) is 0.588. The Labute approximate surface area is 91.3 Å². The molecule has 0 bridgehead atoms. The van der Waals surface area contributed by atoms with Crippen LogP contribution in [0.15, 0.2) is 21.1 Å². The maximum Gasteiger partial charge on any atom is 0.339 e. The normalized spacial score (nSPS) is 9.85. The number of halogens is 3. The summed E-state index contributed by atoms with van der Waals surface area (Å²) in [5, 5.41) is 0. The zero-order valence-electron chi connectivity index (χ0n) is 6.61. The Kier molecular flexibility index (Phi) is 3.44. The number of hydrogen-bond acceptors (Lipinski definition) is 2. The second-order valence-corrected chi connectivity index (χ2v) is 3.89. The van der Waals surface area contributed by atoms with Gasteiger partial charge in [0.25, 0.3) is 0 Å². The van der Waals surface area contributed by atoms with Crippen LogP contribution in [0.5, 0.6) is 0 Å². The highest BCUT2D eigenvalue weighted by atomic mass is 79.9. The second kappa shape index (κ2) is 4.19. The van der Waals surface area contributed by atoms with Gasteiger partial charge in [0.1, 0.15) is 5.82 Å². The summed E-state index contributed by atoms with van der Waals surface area (Å²) in [6.45, 7) is 0. The van der Waals surface area contributed by atoms with Gasteiger partial charge in [0.05, 0.1) is 12.7 Å². The summed E-state index contributed by atoms with van der Waals surface area (Å²) < 4.78 is 18.3. The lowest BCUT2D eigenvalue weighted by Gasteiger charge is -2.04. The van der Waals surface area contributed by atoms with Gasteiger partial charge in [-0.25, -0.2) is 9.18 Å². The summed E-state index contributed by atoms with van der Waals surface area (Å²) in [6, 6.07) is 2.37. The van der Waals surface area contributed by atoms with Gasteiger partial charge in [0.15, 0.2) is 0 Å². The van der Waals surface area contributed by atoms with E-state index in [0.29, 0.717) is 8.95 Å². The standard InChI is InChI=1S/C8H5Br2FO2/c1-13-8(12)5-2-4(11)3-6(9)7(5)10/h2-3H,1H3. The van der Waals surface area contributed by atoms with Gasteiger partial charge in [-0.1, -0.05) is 0 Å². The average molecular weight is 312 g/mol. The van der Waals surface area contributed by atoms with E-state index in [1.54, 1.807) is 0 Å². The highest BCUT2D eigenvalue weighted by Crippen LogP contribution is 2.28. The van der Waals surface area contributed by atoms with E-state index < -0.39 is 11.8 Å². The summed E-state index contributed by atoms with van der Waals surface area (Å²) in [6.07, 6.45) is 0. The molecule has 2 nitrogen and oxygen atoms in total. The number of hydrogen-bond donors (Lipinski definition) is 0. The first-order valence-corrected chi connectivity index (χ1v) is 4.87. The van der Waals surface area contributed by atoms with Crippen molar-refractivity contribution in [2.24, 2.45) is 0 Å². The van der Waals surface area contributed by atoms with Crippen molar-refractivity contribution in [1.29, 1.82) is 0 Å². The molecule has 0 unspecified atom stereocenters. The van der Waals surface area contributed by atoms with Gasteiger partial charge >= 0.3 is 5.97 Å². The number of carbonyl (C=O) groups is 1. The summed E-state index contributed by atoms with van der Waals surface area (Å²) >= 11 is 6.24. The van der Waals surface area contributed by atoms with Crippen LogP contribution in [0.2, 0.25) is 0 Å². The van der Waals surface area contributed by atoms with Crippen LogP contribution in [0.3, 0.4) is 0 Å². The Hall–Kier alpha value is -0.420. The van der Waals surface area contributed by atoms with Crippen molar-refractivity contribution < 1.29 is 13.9 Å². The van der Waals surface area contributed by atoms with E-state index in [4.69, 9.17) is 0 Å². The first kappa shape index (κ1) is 10.7. The molecule has 1 rings (SSSR count). The maximum atomic E-state index is 12.8. The molecular weight excluding hydrogens is 307 g/mol. The monoisotopic (exact) mass is 310 g/mol. The van der Waals surface area contributed by atoms with E-state index in [9.17, 15) is 9.18 Å². The molecule has 0 aliphatic heterocycles. The van der Waals surface area contributed by atoms with E-state index in [1.807, 2.05) is 0 Å². The van der Waals surface area contributed by atoms with Gasteiger partial charge in [-0.15, -0.1) is 0 Å². The highest BCUT2D eigenvalue weighted by Gasteiger charge is 2.14. The zero-order valence-corrected chi connectivity index (χ0v) is 9.78. The largest absolute Gasteiger partial charge is 0.465 e. The molecule has 0 saturated heterocycles. The third-order valence-corrected chi connectivity index (χ3v) is 3.41. The van der Waals surface area contributed by atoms with Crippen molar-refractivity contribution >= 4 is 37.8 Å². The van der Waals surface area contributed by atoms with E-state index >= 15 is 0 Å². The molecule has 0 radical (unpaired) electrons. The molecular formula is C8H5Br2FO2. The van der Waals surface area contributed by atoms with E-state index in [0.717, 1.165) is 6.07 Å². The Bertz CT molecular complexity index is 352. The lowest BCUT2D eigenvalue weighted by Crippen LogP contribution is -2.03. The van der Waals surface area contributed by atoms with Crippen molar-refractivity contribution in [2.45, 2.75) is 0 Å². The number of benzene rings is 1. The third kappa shape index (κ3) is 2.28. The third-order valence-electron chi connectivity index (χ3n) is 1.40. The van der Waals surface area contributed by atoms with Crippen molar-refractivity contribution in [1.82, 2.24) is 0 Å². The Morgan fingerprint density at radius 3 is 2.62 bits per heavy atom. The van der Waals surface area contributed by atoms with Crippen molar-refractivity contribution in [2.75, 3.05) is 7.11 Å². The first-order valence-electron chi connectivity index (χ1n) is 3.29. The van der Waals surface area contributed by atoms with Gasteiger partial charge in [-0.05, 0) is 44.0 Å². The van der Waals surface area contributed by atoms with E-state index in [1.165, 1.54) is 13.2 Å². The fourth-order valence-electron chi connectivity index (χ4n) is 0.814. The van der Waals surface area contributed by atoms with Gasteiger partial charge in [0.2, 0.25) is 0 Å². The molecule has 13 heavy (non-hydrogen) atoms. The fraction of sp³-hybridized carbons (Fsp3) is 0.125. The van der Waals surface area contributed by atoms with E-state index in [-0.39, 0.29) is 5.56 Å². The predicted molar refractivity (Wildman–Crippen MR) is 53.1 cm³/mol. The summed E-state index contributed by atoms with van der Waals surface area (Å²) in [5.74, 6) is -1.07. The first-order chi connectivity index (χ1) is 6.06. The van der Waals surface area contributed by atoms with Crippen LogP contribution in [0.1, 0.15) is 10.4 Å². The van der Waals surface area contributed by atoms with Crippen molar-refractivity contribution in [3.8, 4) is 0 Å². The SMILES string of the molecule is COC(=O)c1cc(F)cc(Br)c1Br. The lowest BCUT2D eigenvalue weighted by molar-refractivity contribution is 0.0599. The molecule has 0 amide bonds. The van der Waals surface area contributed by atoms with Gasteiger partial charge < -0.3 is 4.74 Å². The van der Waals surface area contributed by atoms with Crippen LogP contribution in [-0.4, -0.2) is 13.1 Å². The summed E-state index contributed by atoms with van der Waals surface area (Å²) in [4.78, 5) is 11.1. The van der Waals surface area contributed by atoms with Gasteiger partial charge in [0, 0.05) is 8.95 Å². The minimum atomic E-state index is -0.577. The smallest absolute Gasteiger partial charge is 0.339 e. The number of carbonyl (C=O) groups excluding carboxylic acids is 1. The van der Waals surface area contributed by atoms with Crippen LogP contribution in [0.4, 0.5) is 4.39 Å². The topological polar surface area (TPSA) is 26.3 Å². The number of esters is 1. The summed E-state index contributed by atoms with van der Waals surface area (Å²) in [7, 11) is 1.24. The van der Waals surface area contributed by atoms with Crippen LogP contribution in [-0.2, 0) is 4.74 Å². The molecule has 0 aromatic heterocycles. The van der Waals surface area contributed by atoms with Crippen LogP contribution in [0, 0.1) is 5.82 Å². The summed E-state index contributed by atoms with van der Waals surface area (Å²) in [5.41, 5.74) is 0.161. The molecule has 0 fully saturated rings. The van der Waals surface area contributed by atoms with Crippen LogP contribution < -0.4 is 0 Å². The second-order valence-electron chi connectivity index (χ2n) is 2.24. The zero-order chi connectivity index (χ0) is 10.0. The molecule has 0 atom stereocenters. The maximum absolute atomic E-state index is 12.8. The van der Waals surface area contributed by atoms with Crippen molar-refractivity contribution in [3.63, 3.8) is 0 Å². The fourth-order valence-corrected chi connectivity index (χ4v) is 1.64. The number of rotatable bonds is 1. The number of methoxy groups -OCH3 is 1. The average Bonchev–Trinajstić information content (AvgIpc) is 2.10. The molecule has 70 valence electrons. The minimum absolute atomic E-state index is 0.161. The molecule has 0 aliphatic carbocycles. The molecule has 0 aliphatic rings. The molecule has 1 aromatic rings. The minimum Gasteiger partial charge on any atom is -0.465 e. The molecule has 5 heteroatoms. The molecule has 0 heterocycles. The lowest BCUT2D eigenvalue weighted by atomic mass is 10.2. The molecule has 0 spiro atoms. The molecule has 0 saturated carbocycles. The van der Waals surface area contributed by atoms with Gasteiger partial charge in [-0.2, -0.15) is 0 Å². The number of ether oxygens (including phenoxy) is 1. The van der Waals surface area contributed by atoms with Crippen molar-refractivity contribution in [3.05, 3.63) is 32.5 Å². The Balaban J connectivity index is 3.28. The van der Waals surface area contributed by atoms with Crippen LogP contribution in [0.25, 0.3) is 0 Å². The Morgan fingerprint density at radius 2 is 2.08 bits per heavy atom. The van der Waals surface area contributed by atoms with Crippen LogP contribution >= 0.6 is 31.9 Å². The highest BCUT2D eigenvalue weighted by molar-refractivity contribution is 9.13.